The second kappa shape index (κ2) is 5.67. The van der Waals surface area contributed by atoms with Gasteiger partial charge < -0.3 is 15.2 Å². The van der Waals surface area contributed by atoms with Crippen molar-refractivity contribution in [1.29, 1.82) is 0 Å². The molecule has 2 rings (SSSR count). The van der Waals surface area contributed by atoms with Gasteiger partial charge in [-0.2, -0.15) is 0 Å². The third kappa shape index (κ3) is 3.52. The van der Waals surface area contributed by atoms with E-state index in [1.54, 1.807) is 0 Å². The van der Waals surface area contributed by atoms with E-state index in [0.29, 0.717) is 0 Å². The lowest BCUT2D eigenvalue weighted by atomic mass is 10.0. The molecule has 2 N–H and O–H groups in total. The van der Waals surface area contributed by atoms with Crippen LogP contribution in [0.5, 0.6) is 5.75 Å². The van der Waals surface area contributed by atoms with E-state index in [1.807, 2.05) is 0 Å². The SMILES string of the molecule is O=C(CC1COC(=O)C1)Nc1cc(Cl)c(Cl)cc1O. The normalized spacial score (nSPS) is 18.2. The number of hydrogen-bond acceptors (Lipinski definition) is 4. The standard InChI is InChI=1S/C12H11Cl2NO4/c13-7-3-9(10(16)4-8(7)14)15-11(17)1-6-2-12(18)19-5-6/h3-4,6,16H,1-2,5H2,(H,15,17). The average molecular weight is 304 g/mol. The van der Waals surface area contributed by atoms with Crippen molar-refractivity contribution in [2.24, 2.45) is 5.92 Å². The highest BCUT2D eigenvalue weighted by Crippen LogP contribution is 2.33. The van der Waals surface area contributed by atoms with Crippen LogP contribution in [0.4, 0.5) is 5.69 Å². The molecule has 0 aromatic heterocycles. The number of aromatic hydroxyl groups is 1. The number of benzene rings is 1. The largest absolute Gasteiger partial charge is 0.506 e. The predicted octanol–water partition coefficient (Wildman–Crippen LogP) is 2.59. The summed E-state index contributed by atoms with van der Waals surface area (Å²) in [6, 6.07) is 2.62. The number of phenols is 1. The van der Waals surface area contributed by atoms with E-state index >= 15 is 0 Å². The van der Waals surface area contributed by atoms with E-state index in [0.717, 1.165) is 0 Å². The first-order chi connectivity index (χ1) is 8.95. The van der Waals surface area contributed by atoms with Crippen molar-refractivity contribution in [1.82, 2.24) is 0 Å². The lowest BCUT2D eigenvalue weighted by molar-refractivity contribution is -0.138. The van der Waals surface area contributed by atoms with Gasteiger partial charge in [-0.05, 0) is 6.07 Å². The fourth-order valence-corrected chi connectivity index (χ4v) is 2.12. The molecule has 19 heavy (non-hydrogen) atoms. The van der Waals surface area contributed by atoms with E-state index in [9.17, 15) is 14.7 Å². The number of phenolic OH excluding ortho intramolecular Hbond substituents is 1. The van der Waals surface area contributed by atoms with Crippen LogP contribution in [0.3, 0.4) is 0 Å². The van der Waals surface area contributed by atoms with Gasteiger partial charge in [0.1, 0.15) is 5.75 Å². The number of carbonyl (C=O) groups is 2. The van der Waals surface area contributed by atoms with Crippen LogP contribution in [0.1, 0.15) is 12.8 Å². The molecule has 102 valence electrons. The highest BCUT2D eigenvalue weighted by Gasteiger charge is 2.26. The number of carbonyl (C=O) groups excluding carboxylic acids is 2. The summed E-state index contributed by atoms with van der Waals surface area (Å²) in [6.45, 7) is 0.250. The highest BCUT2D eigenvalue weighted by atomic mass is 35.5. The Morgan fingerprint density at radius 3 is 2.74 bits per heavy atom. The molecule has 1 aromatic carbocycles. The Balaban J connectivity index is 1.99. The third-order valence-electron chi connectivity index (χ3n) is 2.72. The lowest BCUT2D eigenvalue weighted by Crippen LogP contribution is -2.16. The van der Waals surface area contributed by atoms with Gasteiger partial charge in [0.25, 0.3) is 0 Å². The molecular formula is C12H11Cl2NO4. The number of halogens is 2. The van der Waals surface area contributed by atoms with Crippen LogP contribution in [0.2, 0.25) is 10.0 Å². The zero-order chi connectivity index (χ0) is 14.0. The Kier molecular flexibility index (Phi) is 4.17. The van der Waals surface area contributed by atoms with Crippen molar-refractivity contribution in [2.45, 2.75) is 12.8 Å². The number of rotatable bonds is 3. The predicted molar refractivity (Wildman–Crippen MR) is 70.4 cm³/mol. The number of amides is 1. The number of anilines is 1. The maximum atomic E-state index is 11.8. The van der Waals surface area contributed by atoms with E-state index in [4.69, 9.17) is 27.9 Å². The molecule has 1 atom stereocenters. The van der Waals surface area contributed by atoms with Crippen molar-refractivity contribution < 1.29 is 19.4 Å². The van der Waals surface area contributed by atoms with Gasteiger partial charge in [-0.3, -0.25) is 9.59 Å². The van der Waals surface area contributed by atoms with E-state index in [2.05, 4.69) is 5.32 Å². The van der Waals surface area contributed by atoms with E-state index < -0.39 is 0 Å². The van der Waals surface area contributed by atoms with Crippen molar-refractivity contribution in [3.8, 4) is 5.75 Å². The molecule has 0 aliphatic carbocycles. The Bertz CT molecular complexity index is 533. The van der Waals surface area contributed by atoms with Crippen LogP contribution in [-0.4, -0.2) is 23.6 Å². The minimum absolute atomic E-state index is 0.127. The Morgan fingerprint density at radius 2 is 2.11 bits per heavy atom. The quantitative estimate of drug-likeness (QED) is 0.665. The maximum absolute atomic E-state index is 11.8. The first-order valence-electron chi connectivity index (χ1n) is 5.59. The summed E-state index contributed by atoms with van der Waals surface area (Å²) < 4.78 is 4.77. The fourth-order valence-electron chi connectivity index (χ4n) is 1.80. The minimum atomic E-state index is -0.322. The van der Waals surface area contributed by atoms with Gasteiger partial charge in [0.15, 0.2) is 0 Å². The average Bonchev–Trinajstić information content (AvgIpc) is 2.71. The molecule has 0 bridgehead atoms. The molecule has 1 aliphatic rings. The molecule has 0 saturated carbocycles. The van der Waals surface area contributed by atoms with Crippen molar-refractivity contribution >= 4 is 40.8 Å². The molecule has 1 fully saturated rings. The number of nitrogens with one attached hydrogen (secondary N) is 1. The van der Waals surface area contributed by atoms with Gasteiger partial charge in [-0.25, -0.2) is 0 Å². The van der Waals surface area contributed by atoms with Crippen LogP contribution >= 0.6 is 23.2 Å². The van der Waals surface area contributed by atoms with Gasteiger partial charge in [-0.1, -0.05) is 23.2 Å². The molecule has 0 spiro atoms. The summed E-state index contributed by atoms with van der Waals surface area (Å²) in [6.07, 6.45) is 0.381. The lowest BCUT2D eigenvalue weighted by Gasteiger charge is -2.10. The van der Waals surface area contributed by atoms with Crippen LogP contribution < -0.4 is 5.32 Å². The van der Waals surface area contributed by atoms with Crippen molar-refractivity contribution in [3.05, 3.63) is 22.2 Å². The second-order valence-electron chi connectivity index (χ2n) is 4.29. The number of ether oxygens (including phenoxy) is 1. The summed E-state index contributed by atoms with van der Waals surface area (Å²) in [4.78, 5) is 22.7. The molecule has 0 radical (unpaired) electrons. The zero-order valence-corrected chi connectivity index (χ0v) is 11.3. The second-order valence-corrected chi connectivity index (χ2v) is 5.10. The number of hydrogen-bond donors (Lipinski definition) is 2. The summed E-state index contributed by atoms with van der Waals surface area (Å²) in [5, 5.41) is 12.6. The first kappa shape index (κ1) is 14.0. The fraction of sp³-hybridized carbons (Fsp3) is 0.333. The monoisotopic (exact) mass is 303 g/mol. The molecular weight excluding hydrogens is 293 g/mol. The first-order valence-corrected chi connectivity index (χ1v) is 6.35. The summed E-state index contributed by atoms with van der Waals surface area (Å²) in [5.41, 5.74) is 0.185. The maximum Gasteiger partial charge on any atom is 0.306 e. The number of cyclic esters (lactones) is 1. The molecule has 7 heteroatoms. The number of esters is 1. The Labute approximate surface area is 119 Å². The van der Waals surface area contributed by atoms with Gasteiger partial charge >= 0.3 is 5.97 Å². The van der Waals surface area contributed by atoms with Gasteiger partial charge in [-0.15, -0.1) is 0 Å². The molecule has 1 aromatic rings. The van der Waals surface area contributed by atoms with Crippen LogP contribution in [0.15, 0.2) is 12.1 Å². The van der Waals surface area contributed by atoms with Gasteiger partial charge in [0, 0.05) is 18.4 Å². The summed E-state index contributed by atoms with van der Waals surface area (Å²) >= 11 is 11.5. The molecule has 1 heterocycles. The Hall–Kier alpha value is -1.46. The van der Waals surface area contributed by atoms with Crippen LogP contribution in [-0.2, 0) is 14.3 Å². The summed E-state index contributed by atoms with van der Waals surface area (Å²) in [5.74, 6) is -0.911. The molecule has 1 aliphatic heterocycles. The van der Waals surface area contributed by atoms with Gasteiger partial charge in [0.2, 0.25) is 5.91 Å². The summed E-state index contributed by atoms with van der Waals surface area (Å²) in [7, 11) is 0. The van der Waals surface area contributed by atoms with Crippen LogP contribution in [0.25, 0.3) is 0 Å². The molecule has 1 saturated heterocycles. The molecule has 1 amide bonds. The smallest absolute Gasteiger partial charge is 0.306 e. The van der Waals surface area contributed by atoms with Crippen molar-refractivity contribution in [3.63, 3.8) is 0 Å². The molecule has 1 unspecified atom stereocenters. The zero-order valence-electron chi connectivity index (χ0n) is 9.78. The van der Waals surface area contributed by atoms with Crippen molar-refractivity contribution in [2.75, 3.05) is 11.9 Å². The van der Waals surface area contributed by atoms with Crippen LogP contribution in [0, 0.1) is 5.92 Å². The Morgan fingerprint density at radius 1 is 1.42 bits per heavy atom. The van der Waals surface area contributed by atoms with Gasteiger partial charge in [0.05, 0.1) is 28.8 Å². The van der Waals surface area contributed by atoms with E-state index in [-0.39, 0.29) is 58.7 Å². The third-order valence-corrected chi connectivity index (χ3v) is 3.44. The topological polar surface area (TPSA) is 75.6 Å². The molecule has 5 nitrogen and oxygen atoms in total. The van der Waals surface area contributed by atoms with E-state index in [1.165, 1.54) is 12.1 Å². The minimum Gasteiger partial charge on any atom is -0.506 e. The highest BCUT2D eigenvalue weighted by molar-refractivity contribution is 6.42.